The lowest BCUT2D eigenvalue weighted by atomic mass is 10.1. The summed E-state index contributed by atoms with van der Waals surface area (Å²) >= 11 is 0. The smallest absolute Gasteiger partial charge is 0.0237 e. The van der Waals surface area contributed by atoms with E-state index in [1.807, 2.05) is 0 Å². The molecule has 0 radical (unpaired) electrons. The van der Waals surface area contributed by atoms with Crippen LogP contribution < -0.4 is 5.73 Å². The molecule has 2 aliphatic rings. The Kier molecular flexibility index (Phi) is 4.71. The van der Waals surface area contributed by atoms with Crippen molar-refractivity contribution in [1.29, 1.82) is 0 Å². The van der Waals surface area contributed by atoms with Crippen molar-refractivity contribution in [3.05, 3.63) is 35.9 Å². The van der Waals surface area contributed by atoms with Gasteiger partial charge in [-0.3, -0.25) is 9.80 Å². The molecule has 1 aromatic carbocycles. The monoisotopic (exact) mass is 273 g/mol. The molecule has 0 aromatic heterocycles. The highest BCUT2D eigenvalue weighted by Crippen LogP contribution is 2.30. The van der Waals surface area contributed by atoms with Crippen LogP contribution in [0.4, 0.5) is 0 Å². The van der Waals surface area contributed by atoms with Gasteiger partial charge in [0, 0.05) is 38.3 Å². The second kappa shape index (κ2) is 6.70. The quantitative estimate of drug-likeness (QED) is 0.825. The van der Waals surface area contributed by atoms with Crippen molar-refractivity contribution in [3.63, 3.8) is 0 Å². The van der Waals surface area contributed by atoms with Crippen molar-refractivity contribution in [2.75, 3.05) is 26.2 Å². The van der Waals surface area contributed by atoms with E-state index in [2.05, 4.69) is 40.1 Å². The Balaban J connectivity index is 1.60. The molecule has 1 saturated carbocycles. The number of likely N-dealkylation sites (tertiary alicyclic amines) is 1. The Morgan fingerprint density at radius 1 is 1.15 bits per heavy atom. The van der Waals surface area contributed by atoms with Crippen LogP contribution in [-0.4, -0.2) is 48.1 Å². The van der Waals surface area contributed by atoms with E-state index in [9.17, 15) is 0 Å². The van der Waals surface area contributed by atoms with Crippen LogP contribution in [0.2, 0.25) is 0 Å². The molecule has 2 fully saturated rings. The lowest BCUT2D eigenvalue weighted by molar-refractivity contribution is 0.163. The van der Waals surface area contributed by atoms with Crippen LogP contribution in [0.3, 0.4) is 0 Å². The van der Waals surface area contributed by atoms with E-state index in [0.29, 0.717) is 0 Å². The van der Waals surface area contributed by atoms with Crippen LogP contribution in [0.15, 0.2) is 30.3 Å². The molecule has 3 rings (SSSR count). The lowest BCUT2D eigenvalue weighted by Crippen LogP contribution is -2.42. The first-order chi connectivity index (χ1) is 9.86. The Labute approximate surface area is 122 Å². The number of benzene rings is 1. The highest BCUT2D eigenvalue weighted by molar-refractivity contribution is 5.15. The van der Waals surface area contributed by atoms with Gasteiger partial charge in [-0.25, -0.2) is 0 Å². The van der Waals surface area contributed by atoms with E-state index in [1.165, 1.54) is 44.3 Å². The molecule has 2 N–H and O–H groups in total. The van der Waals surface area contributed by atoms with E-state index in [1.54, 1.807) is 0 Å². The Hall–Kier alpha value is -0.900. The first-order valence-electron chi connectivity index (χ1n) is 8.09. The van der Waals surface area contributed by atoms with Crippen molar-refractivity contribution in [2.24, 2.45) is 5.73 Å². The van der Waals surface area contributed by atoms with Crippen molar-refractivity contribution in [3.8, 4) is 0 Å². The summed E-state index contributed by atoms with van der Waals surface area (Å²) < 4.78 is 0. The van der Waals surface area contributed by atoms with Crippen LogP contribution in [0.5, 0.6) is 0 Å². The summed E-state index contributed by atoms with van der Waals surface area (Å²) in [5.74, 6) is 0. The van der Waals surface area contributed by atoms with Crippen LogP contribution in [0, 0.1) is 0 Å². The highest BCUT2D eigenvalue weighted by Gasteiger charge is 2.33. The fourth-order valence-corrected chi connectivity index (χ4v) is 3.43. The minimum absolute atomic E-state index is 0.725. The van der Waals surface area contributed by atoms with Crippen molar-refractivity contribution in [2.45, 2.75) is 44.3 Å². The molecule has 0 unspecified atom stereocenters. The number of nitrogens with zero attached hydrogens (tertiary/aromatic N) is 2. The molecular formula is C17H27N3. The van der Waals surface area contributed by atoms with Gasteiger partial charge in [0.05, 0.1) is 0 Å². The molecule has 1 heterocycles. The van der Waals surface area contributed by atoms with Gasteiger partial charge in [0.15, 0.2) is 0 Å². The minimum Gasteiger partial charge on any atom is -0.329 e. The Morgan fingerprint density at radius 3 is 2.65 bits per heavy atom. The summed E-state index contributed by atoms with van der Waals surface area (Å²) in [4.78, 5) is 5.30. The van der Waals surface area contributed by atoms with E-state index in [0.717, 1.165) is 31.7 Å². The van der Waals surface area contributed by atoms with Crippen molar-refractivity contribution >= 4 is 0 Å². The van der Waals surface area contributed by atoms with Gasteiger partial charge in [0.2, 0.25) is 0 Å². The molecule has 0 spiro atoms. The second-order valence-corrected chi connectivity index (χ2v) is 6.27. The predicted octanol–water partition coefficient (Wildman–Crippen LogP) is 2.07. The fourth-order valence-electron chi connectivity index (χ4n) is 3.43. The van der Waals surface area contributed by atoms with E-state index in [4.69, 9.17) is 5.73 Å². The summed E-state index contributed by atoms with van der Waals surface area (Å²) in [6.07, 6.45) is 5.46. The number of rotatable bonds is 7. The zero-order valence-corrected chi connectivity index (χ0v) is 12.4. The topological polar surface area (TPSA) is 32.5 Å². The highest BCUT2D eigenvalue weighted by atomic mass is 15.3. The van der Waals surface area contributed by atoms with Gasteiger partial charge < -0.3 is 5.73 Å². The van der Waals surface area contributed by atoms with E-state index >= 15 is 0 Å². The maximum Gasteiger partial charge on any atom is 0.0237 e. The average Bonchev–Trinajstić information content (AvgIpc) is 3.23. The third-order valence-corrected chi connectivity index (χ3v) is 4.65. The molecule has 3 heteroatoms. The van der Waals surface area contributed by atoms with Gasteiger partial charge in [0.25, 0.3) is 0 Å². The van der Waals surface area contributed by atoms with Crippen molar-refractivity contribution in [1.82, 2.24) is 9.80 Å². The minimum atomic E-state index is 0.725. The normalized spacial score (nSPS) is 23.6. The summed E-state index contributed by atoms with van der Waals surface area (Å²) in [6, 6.07) is 12.5. The number of nitrogens with two attached hydrogens (primary N) is 1. The molecule has 1 aromatic rings. The van der Waals surface area contributed by atoms with Crippen molar-refractivity contribution < 1.29 is 0 Å². The zero-order valence-electron chi connectivity index (χ0n) is 12.4. The Bertz CT molecular complexity index is 402. The zero-order chi connectivity index (χ0) is 13.8. The molecule has 1 aliphatic carbocycles. The molecule has 0 amide bonds. The SMILES string of the molecule is NCCN1CCC[C@@H]1CN(Cc1ccccc1)C1CC1. The lowest BCUT2D eigenvalue weighted by Gasteiger charge is -2.30. The summed E-state index contributed by atoms with van der Waals surface area (Å²) in [5, 5.41) is 0. The molecule has 20 heavy (non-hydrogen) atoms. The van der Waals surface area contributed by atoms with Gasteiger partial charge in [-0.15, -0.1) is 0 Å². The first-order valence-corrected chi connectivity index (χ1v) is 8.09. The Morgan fingerprint density at radius 2 is 1.95 bits per heavy atom. The predicted molar refractivity (Wildman–Crippen MR) is 83.5 cm³/mol. The number of hydrogen-bond donors (Lipinski definition) is 1. The molecule has 1 atom stereocenters. The summed E-state index contributed by atoms with van der Waals surface area (Å²) in [6.45, 7) is 5.43. The van der Waals surface area contributed by atoms with Gasteiger partial charge in [-0.05, 0) is 37.8 Å². The summed E-state index contributed by atoms with van der Waals surface area (Å²) in [7, 11) is 0. The molecule has 0 bridgehead atoms. The molecule has 3 nitrogen and oxygen atoms in total. The molecule has 1 aliphatic heterocycles. The summed E-state index contributed by atoms with van der Waals surface area (Å²) in [5.41, 5.74) is 7.19. The third kappa shape index (κ3) is 3.60. The van der Waals surface area contributed by atoms with Crippen LogP contribution in [-0.2, 0) is 6.54 Å². The average molecular weight is 273 g/mol. The largest absolute Gasteiger partial charge is 0.329 e. The van der Waals surface area contributed by atoms with Crippen LogP contribution >= 0.6 is 0 Å². The third-order valence-electron chi connectivity index (χ3n) is 4.65. The fraction of sp³-hybridized carbons (Fsp3) is 0.647. The van der Waals surface area contributed by atoms with Crippen LogP contribution in [0.1, 0.15) is 31.2 Å². The van der Waals surface area contributed by atoms with Gasteiger partial charge in [0.1, 0.15) is 0 Å². The molecule has 1 saturated heterocycles. The maximum atomic E-state index is 5.74. The maximum absolute atomic E-state index is 5.74. The number of hydrogen-bond acceptors (Lipinski definition) is 3. The van der Waals surface area contributed by atoms with E-state index in [-0.39, 0.29) is 0 Å². The second-order valence-electron chi connectivity index (χ2n) is 6.27. The molecular weight excluding hydrogens is 246 g/mol. The standard InChI is InChI=1S/C17H27N3/c18-10-12-19-11-4-7-17(19)14-20(16-8-9-16)13-15-5-2-1-3-6-15/h1-3,5-6,16-17H,4,7-14,18H2/t17-/m1/s1. The van der Waals surface area contributed by atoms with Gasteiger partial charge >= 0.3 is 0 Å². The molecule has 110 valence electrons. The van der Waals surface area contributed by atoms with E-state index < -0.39 is 0 Å². The van der Waals surface area contributed by atoms with Crippen LogP contribution in [0.25, 0.3) is 0 Å². The van der Waals surface area contributed by atoms with Gasteiger partial charge in [-0.2, -0.15) is 0 Å². The van der Waals surface area contributed by atoms with Gasteiger partial charge in [-0.1, -0.05) is 30.3 Å². The first kappa shape index (κ1) is 14.1.